The maximum Gasteiger partial charge on any atom is 0.237 e. The number of aromatic nitrogens is 2. The fourth-order valence-corrected chi connectivity index (χ4v) is 1.71. The van der Waals surface area contributed by atoms with Crippen molar-refractivity contribution >= 4 is 5.91 Å². The number of carbonyl (C=O) groups excluding carboxylic acids is 1. The maximum atomic E-state index is 11.7. The van der Waals surface area contributed by atoms with Gasteiger partial charge in [-0.3, -0.25) is 9.48 Å². The SMILES string of the molecule is CC(NCCc1ccnn1C)C(=O)NC1CC1. The summed E-state index contributed by atoms with van der Waals surface area (Å²) in [7, 11) is 1.93. The Kier molecular flexibility index (Phi) is 3.78. The molecule has 0 aromatic carbocycles. The molecule has 5 nitrogen and oxygen atoms in total. The van der Waals surface area contributed by atoms with Gasteiger partial charge in [-0.15, -0.1) is 0 Å². The number of amides is 1. The van der Waals surface area contributed by atoms with E-state index in [1.54, 1.807) is 6.20 Å². The van der Waals surface area contributed by atoms with Crippen LogP contribution < -0.4 is 10.6 Å². The van der Waals surface area contributed by atoms with Crippen LogP contribution in [-0.4, -0.2) is 34.3 Å². The van der Waals surface area contributed by atoms with Crippen molar-refractivity contribution in [3.05, 3.63) is 18.0 Å². The summed E-state index contributed by atoms with van der Waals surface area (Å²) in [6.45, 7) is 2.69. The number of aryl methyl sites for hydroxylation is 1. The molecule has 0 aliphatic heterocycles. The van der Waals surface area contributed by atoms with Crippen molar-refractivity contribution in [1.82, 2.24) is 20.4 Å². The van der Waals surface area contributed by atoms with Crippen LogP contribution in [0.5, 0.6) is 0 Å². The normalized spacial score (nSPS) is 16.8. The van der Waals surface area contributed by atoms with Gasteiger partial charge >= 0.3 is 0 Å². The Morgan fingerprint density at radius 2 is 2.41 bits per heavy atom. The Hall–Kier alpha value is -1.36. The average molecular weight is 236 g/mol. The molecular formula is C12H20N4O. The highest BCUT2D eigenvalue weighted by atomic mass is 16.2. The zero-order chi connectivity index (χ0) is 12.3. The number of nitrogens with zero attached hydrogens (tertiary/aromatic N) is 2. The van der Waals surface area contributed by atoms with Gasteiger partial charge in [-0.2, -0.15) is 5.10 Å². The molecule has 1 aromatic heterocycles. The van der Waals surface area contributed by atoms with Crippen LogP contribution in [0.3, 0.4) is 0 Å². The van der Waals surface area contributed by atoms with Crippen LogP contribution in [0.2, 0.25) is 0 Å². The van der Waals surface area contributed by atoms with Gasteiger partial charge in [0.25, 0.3) is 0 Å². The van der Waals surface area contributed by atoms with E-state index in [2.05, 4.69) is 15.7 Å². The molecule has 5 heteroatoms. The summed E-state index contributed by atoms with van der Waals surface area (Å²) in [6.07, 6.45) is 4.94. The lowest BCUT2D eigenvalue weighted by atomic mass is 10.2. The summed E-state index contributed by atoms with van der Waals surface area (Å²) in [5.41, 5.74) is 1.17. The van der Waals surface area contributed by atoms with Crippen LogP contribution in [-0.2, 0) is 18.3 Å². The monoisotopic (exact) mass is 236 g/mol. The summed E-state index contributed by atoms with van der Waals surface area (Å²) in [4.78, 5) is 11.7. The summed E-state index contributed by atoms with van der Waals surface area (Å²) < 4.78 is 1.86. The van der Waals surface area contributed by atoms with Crippen LogP contribution in [0.15, 0.2) is 12.3 Å². The molecule has 1 saturated carbocycles. The largest absolute Gasteiger partial charge is 0.352 e. The van der Waals surface area contributed by atoms with Gasteiger partial charge in [0.1, 0.15) is 0 Å². The number of hydrogen-bond donors (Lipinski definition) is 2. The van der Waals surface area contributed by atoms with Gasteiger partial charge in [-0.05, 0) is 25.8 Å². The smallest absolute Gasteiger partial charge is 0.237 e. The highest BCUT2D eigenvalue weighted by Crippen LogP contribution is 2.18. The van der Waals surface area contributed by atoms with Gasteiger partial charge in [0.05, 0.1) is 6.04 Å². The predicted octanol–water partition coefficient (Wildman–Crippen LogP) is 0.219. The quantitative estimate of drug-likeness (QED) is 0.743. The standard InChI is InChI=1S/C12H20N4O/c1-9(12(17)15-10-3-4-10)13-7-5-11-6-8-14-16(11)2/h6,8-10,13H,3-5,7H2,1-2H3,(H,15,17). The second-order valence-electron chi connectivity index (χ2n) is 4.65. The van der Waals surface area contributed by atoms with E-state index >= 15 is 0 Å². The van der Waals surface area contributed by atoms with E-state index in [1.165, 1.54) is 5.69 Å². The molecule has 1 amide bonds. The fraction of sp³-hybridized carbons (Fsp3) is 0.667. The number of hydrogen-bond acceptors (Lipinski definition) is 3. The predicted molar refractivity (Wildman–Crippen MR) is 65.5 cm³/mol. The molecule has 1 aliphatic carbocycles. The molecule has 17 heavy (non-hydrogen) atoms. The molecule has 1 aliphatic rings. The van der Waals surface area contributed by atoms with Crippen LogP contribution in [0.25, 0.3) is 0 Å². The highest BCUT2D eigenvalue weighted by Gasteiger charge is 2.25. The Bertz CT molecular complexity index is 384. The summed E-state index contributed by atoms with van der Waals surface area (Å²) in [6, 6.07) is 2.31. The van der Waals surface area contributed by atoms with Gasteiger partial charge in [-0.1, -0.05) is 0 Å². The summed E-state index contributed by atoms with van der Waals surface area (Å²) in [5, 5.41) is 10.3. The first-order valence-electron chi connectivity index (χ1n) is 6.17. The van der Waals surface area contributed by atoms with Crippen molar-refractivity contribution in [2.75, 3.05) is 6.54 Å². The molecule has 0 saturated heterocycles. The summed E-state index contributed by atoms with van der Waals surface area (Å²) in [5.74, 6) is 0.109. The van der Waals surface area contributed by atoms with E-state index < -0.39 is 0 Å². The van der Waals surface area contributed by atoms with Crippen LogP contribution in [0, 0.1) is 0 Å². The lowest BCUT2D eigenvalue weighted by Crippen LogP contribution is -2.43. The van der Waals surface area contributed by atoms with Crippen molar-refractivity contribution in [2.24, 2.45) is 7.05 Å². The Labute approximate surface area is 102 Å². The van der Waals surface area contributed by atoms with E-state index in [0.29, 0.717) is 6.04 Å². The Morgan fingerprint density at radius 3 is 3.00 bits per heavy atom. The van der Waals surface area contributed by atoms with E-state index in [-0.39, 0.29) is 11.9 Å². The van der Waals surface area contributed by atoms with Gasteiger partial charge in [0, 0.05) is 37.9 Å². The second kappa shape index (κ2) is 5.31. The van der Waals surface area contributed by atoms with Crippen LogP contribution in [0.4, 0.5) is 0 Å². The van der Waals surface area contributed by atoms with E-state index in [1.807, 2.05) is 24.7 Å². The Morgan fingerprint density at radius 1 is 1.65 bits per heavy atom. The van der Waals surface area contributed by atoms with Gasteiger partial charge in [-0.25, -0.2) is 0 Å². The molecule has 1 unspecified atom stereocenters. The molecule has 2 rings (SSSR count). The molecule has 1 fully saturated rings. The van der Waals surface area contributed by atoms with Crippen LogP contribution >= 0.6 is 0 Å². The molecule has 1 heterocycles. The zero-order valence-electron chi connectivity index (χ0n) is 10.4. The fourth-order valence-electron chi connectivity index (χ4n) is 1.71. The molecule has 0 radical (unpaired) electrons. The minimum atomic E-state index is -0.121. The van der Waals surface area contributed by atoms with Gasteiger partial charge in [0.15, 0.2) is 0 Å². The van der Waals surface area contributed by atoms with Crippen molar-refractivity contribution in [1.29, 1.82) is 0 Å². The van der Waals surface area contributed by atoms with E-state index in [4.69, 9.17) is 0 Å². The maximum absolute atomic E-state index is 11.7. The minimum Gasteiger partial charge on any atom is -0.352 e. The van der Waals surface area contributed by atoms with Crippen molar-refractivity contribution < 1.29 is 4.79 Å². The third kappa shape index (κ3) is 3.56. The zero-order valence-corrected chi connectivity index (χ0v) is 10.4. The third-order valence-electron chi connectivity index (χ3n) is 3.07. The molecule has 1 aromatic rings. The molecular weight excluding hydrogens is 216 g/mol. The Balaban J connectivity index is 1.67. The third-order valence-corrected chi connectivity index (χ3v) is 3.07. The van der Waals surface area contributed by atoms with Crippen LogP contribution in [0.1, 0.15) is 25.5 Å². The molecule has 0 bridgehead atoms. The molecule has 1 atom stereocenters. The lowest BCUT2D eigenvalue weighted by Gasteiger charge is -2.13. The van der Waals surface area contributed by atoms with E-state index in [9.17, 15) is 4.79 Å². The van der Waals surface area contributed by atoms with Gasteiger partial charge < -0.3 is 10.6 Å². The number of nitrogens with one attached hydrogen (secondary N) is 2. The highest BCUT2D eigenvalue weighted by molar-refractivity contribution is 5.81. The molecule has 94 valence electrons. The topological polar surface area (TPSA) is 59.0 Å². The average Bonchev–Trinajstić information content (AvgIpc) is 3.02. The van der Waals surface area contributed by atoms with E-state index in [0.717, 1.165) is 25.8 Å². The van der Waals surface area contributed by atoms with Crippen molar-refractivity contribution in [2.45, 2.75) is 38.3 Å². The molecule has 2 N–H and O–H groups in total. The van der Waals surface area contributed by atoms with Gasteiger partial charge in [0.2, 0.25) is 5.91 Å². The lowest BCUT2D eigenvalue weighted by molar-refractivity contribution is -0.122. The summed E-state index contributed by atoms with van der Waals surface area (Å²) >= 11 is 0. The number of carbonyl (C=O) groups is 1. The number of rotatable bonds is 6. The minimum absolute atomic E-state index is 0.109. The first kappa shape index (κ1) is 12.1. The van der Waals surface area contributed by atoms with Crippen molar-refractivity contribution in [3.8, 4) is 0 Å². The first-order valence-corrected chi connectivity index (χ1v) is 6.17. The second-order valence-corrected chi connectivity index (χ2v) is 4.65. The van der Waals surface area contributed by atoms with Crippen molar-refractivity contribution in [3.63, 3.8) is 0 Å². The first-order chi connectivity index (χ1) is 8.16. The molecule has 0 spiro atoms.